The summed E-state index contributed by atoms with van der Waals surface area (Å²) < 4.78 is 1.61. The molecule has 1 atom stereocenters. The number of benzene rings is 1. The van der Waals surface area contributed by atoms with E-state index >= 15 is 0 Å². The number of para-hydroxylation sites is 1. The van der Waals surface area contributed by atoms with E-state index in [1.807, 2.05) is 36.6 Å². The Morgan fingerprint density at radius 2 is 2.05 bits per heavy atom. The maximum Gasteiger partial charge on any atom is 0.247 e. The summed E-state index contributed by atoms with van der Waals surface area (Å²) in [7, 11) is 0. The number of carbonyl (C=O) groups is 1. The van der Waals surface area contributed by atoms with Crippen molar-refractivity contribution in [3.05, 3.63) is 30.3 Å². The molecule has 0 fully saturated rings. The molecule has 3 N–H and O–H groups in total. The number of amides is 1. The highest BCUT2D eigenvalue weighted by molar-refractivity contribution is 7.98. The lowest BCUT2D eigenvalue weighted by Gasteiger charge is -2.15. The van der Waals surface area contributed by atoms with Crippen LogP contribution in [0.15, 0.2) is 35.5 Å². The lowest BCUT2D eigenvalue weighted by atomic mass is 10.2. The van der Waals surface area contributed by atoms with E-state index < -0.39 is 6.04 Å². The topological polar surface area (TPSA) is 85.8 Å². The van der Waals surface area contributed by atoms with Crippen LogP contribution in [0.25, 0.3) is 0 Å². The van der Waals surface area contributed by atoms with E-state index in [-0.39, 0.29) is 11.9 Å². The molecule has 0 unspecified atom stereocenters. The first-order chi connectivity index (χ1) is 9.13. The molecule has 0 radical (unpaired) electrons. The van der Waals surface area contributed by atoms with Gasteiger partial charge in [-0.1, -0.05) is 30.0 Å². The van der Waals surface area contributed by atoms with Gasteiger partial charge in [0.2, 0.25) is 11.9 Å². The molecular weight excluding hydrogens is 262 g/mol. The highest BCUT2D eigenvalue weighted by atomic mass is 32.2. The predicted octanol–water partition coefficient (Wildman–Crippen LogP) is 1.78. The molecule has 1 aromatic heterocycles. The third-order valence-electron chi connectivity index (χ3n) is 2.68. The minimum Gasteiger partial charge on any atom is -0.368 e. The first-order valence-corrected chi connectivity index (χ1v) is 6.96. The average molecular weight is 277 g/mol. The molecule has 1 heterocycles. The molecule has 0 saturated heterocycles. The fourth-order valence-electron chi connectivity index (χ4n) is 1.68. The van der Waals surface area contributed by atoms with Gasteiger partial charge in [-0.05, 0) is 25.3 Å². The maximum absolute atomic E-state index is 12.2. The summed E-state index contributed by atoms with van der Waals surface area (Å²) in [5, 5.41) is 11.2. The molecule has 7 heteroatoms. The van der Waals surface area contributed by atoms with Crippen LogP contribution >= 0.6 is 11.8 Å². The largest absolute Gasteiger partial charge is 0.368 e. The second kappa shape index (κ2) is 5.75. The van der Waals surface area contributed by atoms with E-state index in [1.54, 1.807) is 11.5 Å². The van der Waals surface area contributed by atoms with Crippen molar-refractivity contribution in [2.24, 2.45) is 0 Å². The van der Waals surface area contributed by atoms with E-state index in [2.05, 4.69) is 15.5 Å². The molecule has 6 nitrogen and oxygen atoms in total. The molecule has 0 aliphatic heterocycles. The van der Waals surface area contributed by atoms with Crippen LogP contribution in [0.2, 0.25) is 0 Å². The van der Waals surface area contributed by atoms with Gasteiger partial charge in [0.05, 0.1) is 0 Å². The minimum atomic E-state index is -0.474. The van der Waals surface area contributed by atoms with Gasteiger partial charge in [-0.2, -0.15) is 0 Å². The Morgan fingerprint density at radius 1 is 1.37 bits per heavy atom. The van der Waals surface area contributed by atoms with Crippen LogP contribution in [0.5, 0.6) is 0 Å². The van der Waals surface area contributed by atoms with Gasteiger partial charge in [-0.15, -0.1) is 10.2 Å². The van der Waals surface area contributed by atoms with Gasteiger partial charge in [0.1, 0.15) is 6.04 Å². The summed E-state index contributed by atoms with van der Waals surface area (Å²) in [5.74, 6) is 0.0769. The number of nitrogens with zero attached hydrogens (tertiary/aromatic N) is 3. The van der Waals surface area contributed by atoms with Crippen LogP contribution in [-0.4, -0.2) is 26.9 Å². The van der Waals surface area contributed by atoms with E-state index in [0.29, 0.717) is 5.16 Å². The minimum absolute atomic E-state index is 0.159. The normalized spacial score (nSPS) is 12.1. The van der Waals surface area contributed by atoms with Gasteiger partial charge >= 0.3 is 0 Å². The summed E-state index contributed by atoms with van der Waals surface area (Å²) >= 11 is 1.40. The first-order valence-electron chi connectivity index (χ1n) is 5.73. The van der Waals surface area contributed by atoms with Gasteiger partial charge in [-0.25, -0.2) is 0 Å². The summed E-state index contributed by atoms with van der Waals surface area (Å²) in [6.07, 6.45) is 1.86. The number of rotatable bonds is 4. The summed E-state index contributed by atoms with van der Waals surface area (Å²) in [4.78, 5) is 12.2. The number of hydrogen-bond donors (Lipinski definition) is 2. The van der Waals surface area contributed by atoms with Crippen molar-refractivity contribution in [3.63, 3.8) is 0 Å². The Bertz CT molecular complexity index is 569. The zero-order valence-electron chi connectivity index (χ0n) is 10.7. The second-order valence-electron chi connectivity index (χ2n) is 3.95. The van der Waals surface area contributed by atoms with E-state index in [0.717, 1.165) is 5.69 Å². The molecule has 0 spiro atoms. The quantitative estimate of drug-likeness (QED) is 0.832. The Labute approximate surface area is 115 Å². The van der Waals surface area contributed by atoms with Crippen LogP contribution in [-0.2, 0) is 4.79 Å². The number of thioether (sulfide) groups is 1. The van der Waals surface area contributed by atoms with Crippen LogP contribution in [0.1, 0.15) is 13.0 Å². The standard InChI is InChI=1S/C12H15N5OS/c1-8(17-11(13)15-16-12(17)19-2)10(18)14-9-6-4-3-5-7-9/h3-8H,1-2H3,(H2,13,15)(H,14,18)/t8-/m1/s1. The Morgan fingerprint density at radius 3 is 2.68 bits per heavy atom. The molecule has 1 amide bonds. The number of nitrogens with two attached hydrogens (primary N) is 1. The molecule has 100 valence electrons. The fourth-order valence-corrected chi connectivity index (χ4v) is 2.25. The van der Waals surface area contributed by atoms with Crippen molar-refractivity contribution in [2.75, 3.05) is 17.3 Å². The Hall–Kier alpha value is -2.02. The van der Waals surface area contributed by atoms with Gasteiger partial charge in [0, 0.05) is 5.69 Å². The zero-order chi connectivity index (χ0) is 13.8. The number of nitrogen functional groups attached to an aromatic ring is 1. The van der Waals surface area contributed by atoms with E-state index in [1.165, 1.54) is 11.8 Å². The molecule has 0 saturated carbocycles. The molecule has 0 bridgehead atoms. The van der Waals surface area contributed by atoms with Crippen LogP contribution in [0.3, 0.4) is 0 Å². The SMILES string of the molecule is CSc1nnc(N)n1[C@H](C)C(=O)Nc1ccccc1. The van der Waals surface area contributed by atoms with Gasteiger partial charge in [-0.3, -0.25) is 9.36 Å². The predicted molar refractivity (Wildman–Crippen MR) is 76.0 cm³/mol. The van der Waals surface area contributed by atoms with Crippen molar-refractivity contribution in [1.82, 2.24) is 14.8 Å². The van der Waals surface area contributed by atoms with Crippen molar-refractivity contribution >= 4 is 29.3 Å². The van der Waals surface area contributed by atoms with Crippen molar-refractivity contribution in [2.45, 2.75) is 18.1 Å². The molecule has 0 aliphatic carbocycles. The smallest absolute Gasteiger partial charge is 0.247 e. The fraction of sp³-hybridized carbons (Fsp3) is 0.250. The second-order valence-corrected chi connectivity index (χ2v) is 4.72. The third-order valence-corrected chi connectivity index (χ3v) is 3.33. The number of anilines is 2. The third kappa shape index (κ3) is 2.87. The molecule has 19 heavy (non-hydrogen) atoms. The lowest BCUT2D eigenvalue weighted by Crippen LogP contribution is -2.25. The molecule has 2 rings (SSSR count). The molecular formula is C12H15N5OS. The molecule has 2 aromatic rings. The molecule has 1 aromatic carbocycles. The number of aromatic nitrogens is 3. The van der Waals surface area contributed by atoms with Crippen molar-refractivity contribution < 1.29 is 4.79 Å². The van der Waals surface area contributed by atoms with Gasteiger partial charge in [0.15, 0.2) is 5.16 Å². The number of nitrogens with one attached hydrogen (secondary N) is 1. The van der Waals surface area contributed by atoms with Crippen LogP contribution < -0.4 is 11.1 Å². The highest BCUT2D eigenvalue weighted by Gasteiger charge is 2.21. The van der Waals surface area contributed by atoms with Crippen LogP contribution in [0, 0.1) is 0 Å². The number of hydrogen-bond acceptors (Lipinski definition) is 5. The van der Waals surface area contributed by atoms with Crippen molar-refractivity contribution in [1.29, 1.82) is 0 Å². The lowest BCUT2D eigenvalue weighted by molar-refractivity contribution is -0.118. The van der Waals surface area contributed by atoms with Gasteiger partial charge < -0.3 is 11.1 Å². The summed E-state index contributed by atoms with van der Waals surface area (Å²) in [6, 6.07) is 8.80. The Balaban J connectivity index is 2.17. The zero-order valence-corrected chi connectivity index (χ0v) is 11.5. The van der Waals surface area contributed by atoms with Crippen molar-refractivity contribution in [3.8, 4) is 0 Å². The summed E-state index contributed by atoms with van der Waals surface area (Å²) in [6.45, 7) is 1.76. The van der Waals surface area contributed by atoms with Crippen LogP contribution in [0.4, 0.5) is 11.6 Å². The first kappa shape index (κ1) is 13.4. The van der Waals surface area contributed by atoms with Gasteiger partial charge in [0.25, 0.3) is 0 Å². The molecule has 0 aliphatic rings. The summed E-state index contributed by atoms with van der Waals surface area (Å²) in [5.41, 5.74) is 6.49. The van der Waals surface area contributed by atoms with E-state index in [4.69, 9.17) is 5.73 Å². The highest BCUT2D eigenvalue weighted by Crippen LogP contribution is 2.21. The average Bonchev–Trinajstić information content (AvgIpc) is 2.80. The van der Waals surface area contributed by atoms with E-state index in [9.17, 15) is 4.79 Å². The monoisotopic (exact) mass is 277 g/mol. The maximum atomic E-state index is 12.2. The Kier molecular flexibility index (Phi) is 4.06. The number of carbonyl (C=O) groups excluding carboxylic acids is 1.